The average Bonchev–Trinajstić information content (AvgIpc) is 2.71. The molecule has 0 saturated heterocycles. The van der Waals surface area contributed by atoms with Gasteiger partial charge in [-0.05, 0) is 17.7 Å². The molecule has 0 radical (unpaired) electrons. The predicted molar refractivity (Wildman–Crippen MR) is 70.2 cm³/mol. The van der Waals surface area contributed by atoms with Crippen molar-refractivity contribution >= 4 is 11.8 Å². The first-order valence-corrected chi connectivity index (χ1v) is 6.02. The first-order chi connectivity index (χ1) is 9.27. The van der Waals surface area contributed by atoms with Crippen LogP contribution in [0.15, 0.2) is 54.6 Å². The van der Waals surface area contributed by atoms with Gasteiger partial charge in [0.05, 0.1) is 11.1 Å². The summed E-state index contributed by atoms with van der Waals surface area (Å²) in [5, 5.41) is 1.08. The molecule has 4 heteroatoms. The summed E-state index contributed by atoms with van der Waals surface area (Å²) in [5.74, 6) is -0.590. The molecule has 2 aromatic rings. The highest BCUT2D eigenvalue weighted by atomic mass is 16.2. The molecule has 2 amide bonds. The molecule has 0 aromatic heterocycles. The van der Waals surface area contributed by atoms with E-state index in [0.29, 0.717) is 17.7 Å². The van der Waals surface area contributed by atoms with Crippen LogP contribution >= 0.6 is 0 Å². The van der Waals surface area contributed by atoms with E-state index in [2.05, 4.69) is 5.43 Å². The van der Waals surface area contributed by atoms with Gasteiger partial charge in [-0.15, -0.1) is 0 Å². The normalized spacial score (nSPS) is 13.8. The highest BCUT2D eigenvalue weighted by Gasteiger charge is 2.34. The highest BCUT2D eigenvalue weighted by molar-refractivity contribution is 6.20. The fourth-order valence-electron chi connectivity index (χ4n) is 2.10. The van der Waals surface area contributed by atoms with Crippen molar-refractivity contribution < 1.29 is 9.59 Å². The van der Waals surface area contributed by atoms with Gasteiger partial charge < -0.3 is 0 Å². The summed E-state index contributed by atoms with van der Waals surface area (Å²) >= 11 is 0. The van der Waals surface area contributed by atoms with Crippen LogP contribution in [0.4, 0.5) is 0 Å². The third kappa shape index (κ3) is 2.02. The van der Waals surface area contributed by atoms with Crippen LogP contribution in [-0.2, 0) is 6.54 Å². The second kappa shape index (κ2) is 4.66. The molecule has 0 fully saturated rings. The van der Waals surface area contributed by atoms with Crippen molar-refractivity contribution in [2.24, 2.45) is 0 Å². The molecule has 0 atom stereocenters. The molecule has 1 aliphatic heterocycles. The molecule has 94 valence electrons. The van der Waals surface area contributed by atoms with Crippen LogP contribution in [0.5, 0.6) is 0 Å². The topological polar surface area (TPSA) is 49.4 Å². The van der Waals surface area contributed by atoms with E-state index in [-0.39, 0.29) is 11.8 Å². The van der Waals surface area contributed by atoms with Gasteiger partial charge in [0.25, 0.3) is 11.8 Å². The molecule has 0 bridgehead atoms. The van der Waals surface area contributed by atoms with Crippen LogP contribution in [0.1, 0.15) is 26.3 Å². The molecular formula is C15H12N2O2. The van der Waals surface area contributed by atoms with Crippen LogP contribution in [0.2, 0.25) is 0 Å². The zero-order valence-corrected chi connectivity index (χ0v) is 10.2. The largest absolute Gasteiger partial charge is 0.276 e. The molecule has 0 aliphatic carbocycles. The minimum absolute atomic E-state index is 0.295. The zero-order valence-electron chi connectivity index (χ0n) is 10.2. The SMILES string of the molecule is O=C1c2ccccc2C(=O)N1NCc1ccccc1. The summed E-state index contributed by atoms with van der Waals surface area (Å²) in [5.41, 5.74) is 4.80. The zero-order chi connectivity index (χ0) is 13.2. The van der Waals surface area contributed by atoms with E-state index < -0.39 is 0 Å². The molecule has 2 aromatic carbocycles. The van der Waals surface area contributed by atoms with Gasteiger partial charge in [0.15, 0.2) is 0 Å². The fourth-order valence-corrected chi connectivity index (χ4v) is 2.10. The summed E-state index contributed by atoms with van der Waals surface area (Å²) in [4.78, 5) is 24.1. The molecule has 4 nitrogen and oxygen atoms in total. The molecule has 0 saturated carbocycles. The molecular weight excluding hydrogens is 240 g/mol. The third-order valence-electron chi connectivity index (χ3n) is 3.08. The van der Waals surface area contributed by atoms with Crippen LogP contribution in [-0.4, -0.2) is 16.8 Å². The number of hydrazine groups is 1. The first kappa shape index (κ1) is 11.6. The summed E-state index contributed by atoms with van der Waals surface area (Å²) in [6, 6.07) is 16.5. The number of imide groups is 1. The lowest BCUT2D eigenvalue weighted by atomic mass is 10.1. The molecule has 0 unspecified atom stereocenters. The Morgan fingerprint density at radius 1 is 0.789 bits per heavy atom. The number of hydrogen-bond donors (Lipinski definition) is 1. The standard InChI is InChI=1S/C15H12N2O2/c18-14-12-8-4-5-9-13(12)15(19)17(14)16-10-11-6-2-1-3-7-11/h1-9,16H,10H2. The molecule has 1 heterocycles. The molecule has 19 heavy (non-hydrogen) atoms. The molecule has 3 rings (SSSR count). The smallest absolute Gasteiger partial charge is 0.267 e. The van der Waals surface area contributed by atoms with E-state index in [0.717, 1.165) is 10.6 Å². The van der Waals surface area contributed by atoms with E-state index in [9.17, 15) is 9.59 Å². The van der Waals surface area contributed by atoms with Crippen molar-refractivity contribution in [1.29, 1.82) is 0 Å². The van der Waals surface area contributed by atoms with Crippen molar-refractivity contribution in [3.8, 4) is 0 Å². The summed E-state index contributed by atoms with van der Waals surface area (Å²) in [7, 11) is 0. The van der Waals surface area contributed by atoms with E-state index in [1.54, 1.807) is 24.3 Å². The Hall–Kier alpha value is -2.46. The maximum Gasteiger partial charge on any atom is 0.276 e. The van der Waals surface area contributed by atoms with Crippen LogP contribution < -0.4 is 5.43 Å². The fraction of sp³-hybridized carbons (Fsp3) is 0.0667. The molecule has 1 aliphatic rings. The lowest BCUT2D eigenvalue weighted by Gasteiger charge is -2.15. The minimum atomic E-state index is -0.295. The molecule has 1 N–H and O–H groups in total. The van der Waals surface area contributed by atoms with Gasteiger partial charge in [-0.25, -0.2) is 10.4 Å². The highest BCUT2D eigenvalue weighted by Crippen LogP contribution is 2.20. The van der Waals surface area contributed by atoms with E-state index in [1.165, 1.54) is 0 Å². The van der Waals surface area contributed by atoms with Crippen molar-refractivity contribution in [2.45, 2.75) is 6.54 Å². The van der Waals surface area contributed by atoms with Gasteiger partial charge >= 0.3 is 0 Å². The van der Waals surface area contributed by atoms with E-state index >= 15 is 0 Å². The summed E-state index contributed by atoms with van der Waals surface area (Å²) in [6.07, 6.45) is 0. The van der Waals surface area contributed by atoms with Gasteiger partial charge in [0, 0.05) is 6.54 Å². The summed E-state index contributed by atoms with van der Waals surface area (Å²) in [6.45, 7) is 0.437. The van der Waals surface area contributed by atoms with Crippen molar-refractivity contribution in [3.63, 3.8) is 0 Å². The Balaban J connectivity index is 1.78. The number of fused-ring (bicyclic) bond motifs is 1. The Morgan fingerprint density at radius 3 is 1.89 bits per heavy atom. The van der Waals surface area contributed by atoms with Crippen LogP contribution in [0, 0.1) is 0 Å². The van der Waals surface area contributed by atoms with Crippen molar-refractivity contribution in [1.82, 2.24) is 10.4 Å². The number of rotatable bonds is 3. The Kier molecular flexibility index (Phi) is 2.85. The Labute approximate surface area is 110 Å². The molecule has 0 spiro atoms. The Morgan fingerprint density at radius 2 is 1.32 bits per heavy atom. The van der Waals surface area contributed by atoms with Gasteiger partial charge in [0.1, 0.15) is 0 Å². The maximum absolute atomic E-state index is 12.1. The van der Waals surface area contributed by atoms with Gasteiger partial charge in [-0.2, -0.15) is 0 Å². The number of nitrogens with zero attached hydrogens (tertiary/aromatic N) is 1. The predicted octanol–water partition coefficient (Wildman–Crippen LogP) is 1.99. The summed E-state index contributed by atoms with van der Waals surface area (Å²) < 4.78 is 0. The van der Waals surface area contributed by atoms with E-state index in [1.807, 2.05) is 30.3 Å². The van der Waals surface area contributed by atoms with Crippen LogP contribution in [0.3, 0.4) is 0 Å². The second-order valence-electron chi connectivity index (χ2n) is 4.31. The number of hydrogen-bond acceptors (Lipinski definition) is 3. The number of carbonyl (C=O) groups excluding carboxylic acids is 2. The third-order valence-corrected chi connectivity index (χ3v) is 3.08. The number of benzene rings is 2. The first-order valence-electron chi connectivity index (χ1n) is 6.02. The minimum Gasteiger partial charge on any atom is -0.267 e. The lowest BCUT2D eigenvalue weighted by Crippen LogP contribution is -2.41. The Bertz CT molecular complexity index is 603. The maximum atomic E-state index is 12.1. The van der Waals surface area contributed by atoms with Crippen molar-refractivity contribution in [2.75, 3.05) is 0 Å². The van der Waals surface area contributed by atoms with Gasteiger partial charge in [-0.3, -0.25) is 9.59 Å². The number of nitrogens with one attached hydrogen (secondary N) is 1. The van der Waals surface area contributed by atoms with Crippen LogP contribution in [0.25, 0.3) is 0 Å². The quantitative estimate of drug-likeness (QED) is 0.850. The lowest BCUT2D eigenvalue weighted by molar-refractivity contribution is 0.0562. The second-order valence-corrected chi connectivity index (χ2v) is 4.31. The van der Waals surface area contributed by atoms with Crippen molar-refractivity contribution in [3.05, 3.63) is 71.3 Å². The monoisotopic (exact) mass is 252 g/mol. The average molecular weight is 252 g/mol. The number of amides is 2. The van der Waals surface area contributed by atoms with Gasteiger partial charge in [0.2, 0.25) is 0 Å². The number of carbonyl (C=O) groups is 2. The van der Waals surface area contributed by atoms with Gasteiger partial charge in [-0.1, -0.05) is 42.5 Å². The van der Waals surface area contributed by atoms with E-state index in [4.69, 9.17) is 0 Å².